The van der Waals surface area contributed by atoms with Gasteiger partial charge in [0.2, 0.25) is 5.22 Å². The zero-order chi connectivity index (χ0) is 13.1. The van der Waals surface area contributed by atoms with Crippen molar-refractivity contribution in [2.75, 3.05) is 0 Å². The summed E-state index contributed by atoms with van der Waals surface area (Å²) in [5.41, 5.74) is 0.380. The Morgan fingerprint density at radius 1 is 1.50 bits per heavy atom. The molecule has 2 rings (SSSR count). The van der Waals surface area contributed by atoms with Gasteiger partial charge in [0, 0.05) is 22.2 Å². The molecule has 0 saturated carbocycles. The summed E-state index contributed by atoms with van der Waals surface area (Å²) >= 11 is 7.50. The van der Waals surface area contributed by atoms with Crippen LogP contribution in [0.25, 0.3) is 0 Å². The lowest BCUT2D eigenvalue weighted by Crippen LogP contribution is -2.33. The van der Waals surface area contributed by atoms with Gasteiger partial charge in [-0.25, -0.2) is 0 Å². The normalized spacial score (nSPS) is 12.4. The molecule has 0 spiro atoms. The predicted molar refractivity (Wildman–Crippen MR) is 73.4 cm³/mol. The molecule has 1 amide bonds. The summed E-state index contributed by atoms with van der Waals surface area (Å²) in [5.74, 6) is -0.200. The number of amides is 1. The van der Waals surface area contributed by atoms with Crippen LogP contribution in [0.4, 0.5) is 0 Å². The molecule has 18 heavy (non-hydrogen) atoms. The molecule has 0 bridgehead atoms. The number of aryl methyl sites for hydroxylation is 1. The maximum atomic E-state index is 11.9. The van der Waals surface area contributed by atoms with E-state index >= 15 is 0 Å². The summed E-state index contributed by atoms with van der Waals surface area (Å²) in [4.78, 5) is 14.4. The lowest BCUT2D eigenvalue weighted by molar-refractivity contribution is 0.0940. The van der Waals surface area contributed by atoms with Crippen molar-refractivity contribution in [3.63, 3.8) is 0 Å². The van der Waals surface area contributed by atoms with Crippen molar-refractivity contribution in [2.45, 2.75) is 26.3 Å². The summed E-state index contributed by atoms with van der Waals surface area (Å²) in [6, 6.07) is 5.80. The molecule has 0 aliphatic rings. The molecular weight excluding hydrogens is 270 g/mol. The molecule has 2 heterocycles. The number of hydrogen-bond donors (Lipinski definition) is 1. The van der Waals surface area contributed by atoms with E-state index in [-0.39, 0.29) is 17.2 Å². The van der Waals surface area contributed by atoms with Crippen LogP contribution < -0.4 is 5.32 Å². The van der Waals surface area contributed by atoms with E-state index in [1.54, 1.807) is 17.4 Å². The summed E-state index contributed by atoms with van der Waals surface area (Å²) in [5, 5.41) is 3.04. The number of halogens is 1. The van der Waals surface area contributed by atoms with Gasteiger partial charge < -0.3 is 9.73 Å². The second-order valence-corrected chi connectivity index (χ2v) is 5.91. The highest BCUT2D eigenvalue weighted by molar-refractivity contribution is 7.11. The SMILES string of the molecule is Cc1ccc(CC(C)NC(=O)c2ccoc2Cl)s1. The second-order valence-electron chi connectivity index (χ2n) is 4.20. The highest BCUT2D eigenvalue weighted by atomic mass is 35.5. The predicted octanol–water partition coefficient (Wildman–Crippen LogP) is 3.66. The molecule has 0 aliphatic carbocycles. The van der Waals surface area contributed by atoms with Crippen LogP contribution >= 0.6 is 22.9 Å². The monoisotopic (exact) mass is 283 g/mol. The molecule has 3 nitrogen and oxygen atoms in total. The van der Waals surface area contributed by atoms with Crippen molar-refractivity contribution < 1.29 is 9.21 Å². The number of carbonyl (C=O) groups is 1. The number of nitrogens with one attached hydrogen (secondary N) is 1. The van der Waals surface area contributed by atoms with Crippen molar-refractivity contribution >= 4 is 28.8 Å². The van der Waals surface area contributed by atoms with Gasteiger partial charge in [0.1, 0.15) is 0 Å². The quantitative estimate of drug-likeness (QED) is 0.930. The first-order valence-corrected chi connectivity index (χ1v) is 6.85. The molecule has 0 aliphatic heterocycles. The largest absolute Gasteiger partial charge is 0.452 e. The molecular formula is C13H14ClNO2S. The third-order valence-corrected chi connectivity index (χ3v) is 3.86. The lowest BCUT2D eigenvalue weighted by Gasteiger charge is -2.12. The van der Waals surface area contributed by atoms with Crippen LogP contribution in [-0.4, -0.2) is 11.9 Å². The van der Waals surface area contributed by atoms with E-state index in [0.717, 1.165) is 6.42 Å². The van der Waals surface area contributed by atoms with E-state index in [1.807, 2.05) is 6.92 Å². The molecule has 5 heteroatoms. The first-order valence-electron chi connectivity index (χ1n) is 5.65. The van der Waals surface area contributed by atoms with Crippen LogP contribution in [0.15, 0.2) is 28.9 Å². The molecule has 2 aromatic rings. The van der Waals surface area contributed by atoms with Crippen LogP contribution in [0.5, 0.6) is 0 Å². The summed E-state index contributed by atoms with van der Waals surface area (Å²) < 4.78 is 4.90. The number of hydrogen-bond acceptors (Lipinski definition) is 3. The van der Waals surface area contributed by atoms with Crippen molar-refractivity contribution in [1.29, 1.82) is 0 Å². The summed E-state index contributed by atoms with van der Waals surface area (Å²) in [6.45, 7) is 4.05. The molecule has 0 radical (unpaired) electrons. The van der Waals surface area contributed by atoms with Crippen LogP contribution in [-0.2, 0) is 6.42 Å². The Morgan fingerprint density at radius 3 is 2.83 bits per heavy atom. The third-order valence-electron chi connectivity index (χ3n) is 2.54. The Morgan fingerprint density at radius 2 is 2.28 bits per heavy atom. The average molecular weight is 284 g/mol. The van der Waals surface area contributed by atoms with Crippen LogP contribution in [0.2, 0.25) is 5.22 Å². The minimum atomic E-state index is -0.200. The number of furan rings is 1. The van der Waals surface area contributed by atoms with Gasteiger partial charge in [-0.05, 0) is 43.6 Å². The van der Waals surface area contributed by atoms with Crippen LogP contribution in [0, 0.1) is 6.92 Å². The van der Waals surface area contributed by atoms with Crippen LogP contribution in [0.3, 0.4) is 0 Å². The van der Waals surface area contributed by atoms with Crippen molar-refractivity contribution in [2.24, 2.45) is 0 Å². The first kappa shape index (κ1) is 13.2. The van der Waals surface area contributed by atoms with E-state index in [1.165, 1.54) is 16.0 Å². The molecule has 96 valence electrons. The smallest absolute Gasteiger partial charge is 0.256 e. The molecule has 1 unspecified atom stereocenters. The Labute approximate surface area is 115 Å². The number of thiophene rings is 1. The zero-order valence-electron chi connectivity index (χ0n) is 10.2. The molecule has 0 fully saturated rings. The molecule has 0 saturated heterocycles. The van der Waals surface area contributed by atoms with E-state index in [4.69, 9.17) is 16.0 Å². The fraction of sp³-hybridized carbons (Fsp3) is 0.308. The maximum absolute atomic E-state index is 11.9. The van der Waals surface area contributed by atoms with Gasteiger partial charge in [0.05, 0.1) is 11.8 Å². The van der Waals surface area contributed by atoms with Gasteiger partial charge in [-0.2, -0.15) is 0 Å². The fourth-order valence-electron chi connectivity index (χ4n) is 1.70. The average Bonchev–Trinajstić information content (AvgIpc) is 2.87. The Hall–Kier alpha value is -1.26. The van der Waals surface area contributed by atoms with Gasteiger partial charge in [0.25, 0.3) is 5.91 Å². The fourth-order valence-corrected chi connectivity index (χ4v) is 2.92. The Kier molecular flexibility index (Phi) is 4.09. The van der Waals surface area contributed by atoms with E-state index in [9.17, 15) is 4.79 Å². The minimum Gasteiger partial charge on any atom is -0.452 e. The molecule has 2 aromatic heterocycles. The van der Waals surface area contributed by atoms with Gasteiger partial charge in [-0.1, -0.05) is 0 Å². The van der Waals surface area contributed by atoms with Gasteiger partial charge in [-0.15, -0.1) is 11.3 Å². The Balaban J connectivity index is 1.93. The summed E-state index contributed by atoms with van der Waals surface area (Å²) in [6.07, 6.45) is 2.23. The van der Waals surface area contributed by atoms with E-state index < -0.39 is 0 Å². The van der Waals surface area contributed by atoms with E-state index in [0.29, 0.717) is 5.56 Å². The van der Waals surface area contributed by atoms with Crippen molar-refractivity contribution in [3.05, 3.63) is 45.0 Å². The molecule has 1 atom stereocenters. The molecule has 1 N–H and O–H groups in total. The van der Waals surface area contributed by atoms with Gasteiger partial charge in [-0.3, -0.25) is 4.79 Å². The summed E-state index contributed by atoms with van der Waals surface area (Å²) in [7, 11) is 0. The molecule has 0 aromatic carbocycles. The first-order chi connectivity index (χ1) is 8.56. The minimum absolute atomic E-state index is 0.0570. The third kappa shape index (κ3) is 3.15. The second kappa shape index (κ2) is 5.59. The lowest BCUT2D eigenvalue weighted by atomic mass is 10.2. The van der Waals surface area contributed by atoms with Crippen molar-refractivity contribution in [3.8, 4) is 0 Å². The number of carbonyl (C=O) groups excluding carboxylic acids is 1. The van der Waals surface area contributed by atoms with Crippen molar-refractivity contribution in [1.82, 2.24) is 5.32 Å². The topological polar surface area (TPSA) is 42.2 Å². The highest BCUT2D eigenvalue weighted by Gasteiger charge is 2.15. The number of rotatable bonds is 4. The highest BCUT2D eigenvalue weighted by Crippen LogP contribution is 2.18. The van der Waals surface area contributed by atoms with Gasteiger partial charge in [0.15, 0.2) is 0 Å². The van der Waals surface area contributed by atoms with E-state index in [2.05, 4.69) is 24.4 Å². The standard InChI is InChI=1S/C13H14ClNO2S/c1-8(7-10-4-3-9(2)18-10)15-13(16)11-5-6-17-12(11)14/h3-6,8H,7H2,1-2H3,(H,15,16). The Bertz CT molecular complexity index is 547. The maximum Gasteiger partial charge on any atom is 0.256 e. The van der Waals surface area contributed by atoms with Crippen LogP contribution in [0.1, 0.15) is 27.0 Å². The van der Waals surface area contributed by atoms with Gasteiger partial charge >= 0.3 is 0 Å². The zero-order valence-corrected chi connectivity index (χ0v) is 11.8.